The molecule has 3 heteroatoms. The molecule has 21 heavy (non-hydrogen) atoms. The van der Waals surface area contributed by atoms with E-state index in [9.17, 15) is 13.6 Å². The molecule has 0 amide bonds. The lowest BCUT2D eigenvalue weighted by Crippen LogP contribution is -2.17. The maximum Gasteiger partial charge on any atom is 0.170 e. The van der Waals surface area contributed by atoms with Gasteiger partial charge in [-0.15, -0.1) is 0 Å². The predicted molar refractivity (Wildman–Crippen MR) is 77.9 cm³/mol. The van der Waals surface area contributed by atoms with Crippen molar-refractivity contribution >= 4 is 11.4 Å². The van der Waals surface area contributed by atoms with E-state index in [1.54, 1.807) is 54.6 Å². The van der Waals surface area contributed by atoms with Crippen LogP contribution in [0.2, 0.25) is 0 Å². The highest BCUT2D eigenvalue weighted by Crippen LogP contribution is 2.41. The lowest BCUT2D eigenvalue weighted by atomic mass is 9.80. The highest BCUT2D eigenvalue weighted by Gasteiger charge is 2.33. The summed E-state index contributed by atoms with van der Waals surface area (Å²) in [7, 11) is 0. The lowest BCUT2D eigenvalue weighted by molar-refractivity contribution is -0.115. The van der Waals surface area contributed by atoms with Crippen molar-refractivity contribution in [3.05, 3.63) is 89.5 Å². The van der Waals surface area contributed by atoms with E-state index in [2.05, 4.69) is 0 Å². The fourth-order valence-corrected chi connectivity index (χ4v) is 2.56. The minimum Gasteiger partial charge on any atom is -0.294 e. The molecule has 2 aromatic carbocycles. The summed E-state index contributed by atoms with van der Waals surface area (Å²) in [6, 6.07) is 17.5. The van der Waals surface area contributed by atoms with E-state index in [1.165, 1.54) is 0 Å². The van der Waals surface area contributed by atoms with Crippen LogP contribution in [0.3, 0.4) is 0 Å². The van der Waals surface area contributed by atoms with Crippen molar-refractivity contribution in [1.29, 1.82) is 0 Å². The predicted octanol–water partition coefficient (Wildman–Crippen LogP) is 4.59. The van der Waals surface area contributed by atoms with Gasteiger partial charge in [0.15, 0.2) is 17.4 Å². The van der Waals surface area contributed by atoms with Crippen LogP contribution >= 0.6 is 0 Å². The van der Waals surface area contributed by atoms with Crippen molar-refractivity contribution in [2.45, 2.75) is 5.92 Å². The van der Waals surface area contributed by atoms with Gasteiger partial charge < -0.3 is 0 Å². The van der Waals surface area contributed by atoms with Gasteiger partial charge in [0.25, 0.3) is 0 Å². The van der Waals surface area contributed by atoms with Gasteiger partial charge in [0, 0.05) is 11.6 Å². The normalized spacial score (nSPS) is 18.7. The summed E-state index contributed by atoms with van der Waals surface area (Å²) in [6.07, 6.45) is 0.736. The zero-order chi connectivity index (χ0) is 14.8. The quantitative estimate of drug-likeness (QED) is 0.787. The maximum atomic E-state index is 14.3. The molecule has 3 rings (SSSR count). The van der Waals surface area contributed by atoms with Crippen LogP contribution in [0.4, 0.5) is 8.78 Å². The van der Waals surface area contributed by atoms with Crippen LogP contribution in [0.25, 0.3) is 5.57 Å². The van der Waals surface area contributed by atoms with Crippen LogP contribution in [-0.2, 0) is 4.79 Å². The van der Waals surface area contributed by atoms with Gasteiger partial charge in [0.05, 0.1) is 5.92 Å². The molecule has 1 aliphatic carbocycles. The molecule has 0 heterocycles. The van der Waals surface area contributed by atoms with Gasteiger partial charge in [-0.3, -0.25) is 4.79 Å². The Balaban J connectivity index is 2.21. The average Bonchev–Trinajstić information content (AvgIpc) is 2.52. The third-order valence-corrected chi connectivity index (χ3v) is 3.51. The molecule has 1 atom stereocenters. The molecule has 0 fully saturated rings. The number of benzene rings is 2. The molecule has 1 nitrogen and oxygen atoms in total. The molecule has 0 radical (unpaired) electrons. The Morgan fingerprint density at radius 1 is 0.810 bits per heavy atom. The zero-order valence-corrected chi connectivity index (χ0v) is 11.1. The molecule has 0 saturated carbocycles. The van der Waals surface area contributed by atoms with Crippen LogP contribution in [0.15, 0.2) is 78.4 Å². The van der Waals surface area contributed by atoms with Crippen molar-refractivity contribution < 1.29 is 13.6 Å². The molecule has 0 bridgehead atoms. The molecular weight excluding hydrogens is 270 g/mol. The number of hydrogen-bond donors (Lipinski definition) is 0. The van der Waals surface area contributed by atoms with Crippen LogP contribution < -0.4 is 0 Å². The van der Waals surface area contributed by atoms with Gasteiger partial charge in [-0.2, -0.15) is 0 Å². The number of ketones is 1. The molecule has 1 aliphatic rings. The molecule has 1 unspecified atom stereocenters. The van der Waals surface area contributed by atoms with E-state index in [1.807, 2.05) is 6.07 Å². The molecule has 0 aromatic heterocycles. The molecule has 2 aromatic rings. The third-order valence-electron chi connectivity index (χ3n) is 3.51. The van der Waals surface area contributed by atoms with Gasteiger partial charge in [-0.1, -0.05) is 60.7 Å². The van der Waals surface area contributed by atoms with Gasteiger partial charge >= 0.3 is 0 Å². The minimum atomic E-state index is -1.11. The summed E-state index contributed by atoms with van der Waals surface area (Å²) < 4.78 is 28.0. The monoisotopic (exact) mass is 282 g/mol. The van der Waals surface area contributed by atoms with Crippen LogP contribution in [-0.4, -0.2) is 5.78 Å². The highest BCUT2D eigenvalue weighted by molar-refractivity contribution is 6.08. The second-order valence-electron chi connectivity index (χ2n) is 4.83. The van der Waals surface area contributed by atoms with Crippen molar-refractivity contribution in [3.63, 3.8) is 0 Å². The van der Waals surface area contributed by atoms with E-state index < -0.39 is 23.4 Å². The SMILES string of the molecule is O=C1C=C(F)C(F)=C(c2ccccc2)C1c1ccccc1. The van der Waals surface area contributed by atoms with E-state index in [4.69, 9.17) is 0 Å². The molecule has 0 saturated heterocycles. The lowest BCUT2D eigenvalue weighted by Gasteiger charge is -2.23. The topological polar surface area (TPSA) is 17.1 Å². The Labute approximate surface area is 121 Å². The third kappa shape index (κ3) is 2.42. The van der Waals surface area contributed by atoms with Gasteiger partial charge in [0.2, 0.25) is 0 Å². The average molecular weight is 282 g/mol. The van der Waals surface area contributed by atoms with Crippen LogP contribution in [0.5, 0.6) is 0 Å². The summed E-state index contributed by atoms with van der Waals surface area (Å²) in [5.41, 5.74) is 1.26. The van der Waals surface area contributed by atoms with Crippen molar-refractivity contribution in [1.82, 2.24) is 0 Å². The summed E-state index contributed by atoms with van der Waals surface area (Å²) >= 11 is 0. The highest BCUT2D eigenvalue weighted by atomic mass is 19.2. The zero-order valence-electron chi connectivity index (χ0n) is 11.1. The first-order valence-corrected chi connectivity index (χ1v) is 6.60. The Kier molecular flexibility index (Phi) is 3.48. The first-order valence-electron chi connectivity index (χ1n) is 6.60. The smallest absolute Gasteiger partial charge is 0.170 e. The molecule has 104 valence electrons. The number of hydrogen-bond acceptors (Lipinski definition) is 1. The van der Waals surface area contributed by atoms with Gasteiger partial charge in [0.1, 0.15) is 0 Å². The second kappa shape index (κ2) is 5.44. The molecule has 0 spiro atoms. The standard InChI is InChI=1S/C18H12F2O/c19-14-11-15(21)16(12-7-3-1-4-8-12)17(18(14)20)13-9-5-2-6-10-13/h1-11,16H. The van der Waals surface area contributed by atoms with Crippen LogP contribution in [0, 0.1) is 0 Å². The van der Waals surface area contributed by atoms with E-state index >= 15 is 0 Å². The van der Waals surface area contributed by atoms with Crippen molar-refractivity contribution in [2.75, 3.05) is 0 Å². The second-order valence-corrected chi connectivity index (χ2v) is 4.83. The summed E-state index contributed by atoms with van der Waals surface area (Å²) in [4.78, 5) is 12.2. The Morgan fingerprint density at radius 2 is 1.38 bits per heavy atom. The van der Waals surface area contributed by atoms with E-state index in [-0.39, 0.29) is 5.57 Å². The Hall–Kier alpha value is -2.55. The molecule has 0 N–H and O–H groups in total. The summed E-state index contributed by atoms with van der Waals surface area (Å²) in [5.74, 6) is -3.33. The van der Waals surface area contributed by atoms with Crippen LogP contribution in [0.1, 0.15) is 17.0 Å². The maximum absolute atomic E-state index is 14.3. The number of halogens is 2. The largest absolute Gasteiger partial charge is 0.294 e. The Morgan fingerprint density at radius 3 is 2.00 bits per heavy atom. The summed E-state index contributed by atoms with van der Waals surface area (Å²) in [6.45, 7) is 0. The molecule has 0 aliphatic heterocycles. The minimum absolute atomic E-state index is 0.0896. The van der Waals surface area contributed by atoms with Crippen molar-refractivity contribution in [3.8, 4) is 0 Å². The number of rotatable bonds is 2. The van der Waals surface area contributed by atoms with E-state index in [0.29, 0.717) is 11.1 Å². The first-order chi connectivity index (χ1) is 10.2. The number of carbonyl (C=O) groups excluding carboxylic acids is 1. The van der Waals surface area contributed by atoms with Gasteiger partial charge in [-0.25, -0.2) is 8.78 Å². The van der Waals surface area contributed by atoms with Crippen molar-refractivity contribution in [2.24, 2.45) is 0 Å². The first kappa shape index (κ1) is 13.4. The Bertz CT molecular complexity index is 730. The molecular formula is C18H12F2O. The fourth-order valence-electron chi connectivity index (χ4n) is 2.56. The number of carbonyl (C=O) groups is 1. The van der Waals surface area contributed by atoms with E-state index in [0.717, 1.165) is 6.08 Å². The van der Waals surface area contributed by atoms with Gasteiger partial charge in [-0.05, 0) is 11.1 Å². The fraction of sp³-hybridized carbons (Fsp3) is 0.0556. The summed E-state index contributed by atoms with van der Waals surface area (Å²) in [5, 5.41) is 0. The number of allylic oxidation sites excluding steroid dienone is 4.